The molecule has 0 aliphatic rings. The van der Waals surface area contributed by atoms with Crippen molar-refractivity contribution in [2.75, 3.05) is 20.1 Å². The average Bonchev–Trinajstić information content (AvgIpc) is 4.17. The molecule has 0 spiro atoms. The number of aryl methyl sites for hydroxylation is 2. The Kier molecular flexibility index (Phi) is 11.6. The molecule has 0 bridgehead atoms. The summed E-state index contributed by atoms with van der Waals surface area (Å²) in [6.45, 7) is 3.83. The summed E-state index contributed by atoms with van der Waals surface area (Å²) in [7, 11) is -7.30. The van der Waals surface area contributed by atoms with Crippen LogP contribution in [0.1, 0.15) is 11.1 Å². The molecule has 0 atom stereocenters. The number of furan rings is 1. The largest absolute Gasteiger partial charge is 0.456 e. The molecule has 6 aromatic heterocycles. The first-order valence-electron chi connectivity index (χ1n) is 21.1. The van der Waals surface area contributed by atoms with Gasteiger partial charge in [0.05, 0.1) is 27.7 Å². The van der Waals surface area contributed by atoms with Crippen molar-refractivity contribution in [2.45, 2.75) is 23.6 Å². The first-order chi connectivity index (χ1) is 32.9. The van der Waals surface area contributed by atoms with Crippen LogP contribution in [0.2, 0.25) is 0 Å². The Morgan fingerprint density at radius 1 is 0.544 bits per heavy atom. The molecule has 0 saturated carbocycles. The number of hydrogen-bond acceptors (Lipinski definition) is 12. The third-order valence-corrected chi connectivity index (χ3v) is 14.2. The number of hydrogen-bond donors (Lipinski definition) is 4. The minimum atomic E-state index is -3.66. The predicted molar refractivity (Wildman–Crippen MR) is 268 cm³/mol. The Labute approximate surface area is 394 Å². The average molecular weight is 957 g/mol. The lowest BCUT2D eigenvalue weighted by atomic mass is 10.2. The normalized spacial score (nSPS) is 11.6. The van der Waals surface area contributed by atoms with Gasteiger partial charge in [0.15, 0.2) is 11.3 Å². The van der Waals surface area contributed by atoms with Gasteiger partial charge >= 0.3 is 0 Å². The minimum Gasteiger partial charge on any atom is -0.456 e. The van der Waals surface area contributed by atoms with Crippen LogP contribution >= 0.6 is 11.3 Å². The van der Waals surface area contributed by atoms with Crippen molar-refractivity contribution < 1.29 is 21.3 Å². The van der Waals surface area contributed by atoms with Gasteiger partial charge in [0.25, 0.3) is 20.0 Å². The first-order valence-corrected chi connectivity index (χ1v) is 25.0. The monoisotopic (exact) mass is 956 g/mol. The van der Waals surface area contributed by atoms with Crippen LogP contribution in [0.25, 0.3) is 44.7 Å². The van der Waals surface area contributed by atoms with Crippen LogP contribution in [0.4, 0.5) is 34.4 Å². The lowest BCUT2D eigenvalue weighted by Crippen LogP contribution is -2.12. The Balaban J connectivity index is 0.000000160. The van der Waals surface area contributed by atoms with Crippen molar-refractivity contribution in [1.29, 1.82) is 0 Å². The summed E-state index contributed by atoms with van der Waals surface area (Å²) in [6.07, 6.45) is 7.22. The van der Waals surface area contributed by atoms with Crippen molar-refractivity contribution in [1.82, 2.24) is 29.2 Å². The van der Waals surface area contributed by atoms with Gasteiger partial charge in [-0.15, -0.1) is 0 Å². The highest BCUT2D eigenvalue weighted by Crippen LogP contribution is 2.32. The number of benzene rings is 5. The zero-order valence-electron chi connectivity index (χ0n) is 36.3. The van der Waals surface area contributed by atoms with E-state index in [0.717, 1.165) is 55.8 Å². The predicted octanol–water partition coefficient (Wildman–Crippen LogP) is 11.3. The Hall–Kier alpha value is -8.32. The van der Waals surface area contributed by atoms with Crippen molar-refractivity contribution in [3.05, 3.63) is 192 Å². The molecule has 15 nitrogen and oxygen atoms in total. The van der Waals surface area contributed by atoms with Crippen LogP contribution in [0.5, 0.6) is 0 Å². The van der Waals surface area contributed by atoms with E-state index in [1.165, 1.54) is 0 Å². The number of thiophene rings is 1. The number of nitrogens with one attached hydrogen (secondary N) is 4. The van der Waals surface area contributed by atoms with E-state index in [4.69, 9.17) is 14.4 Å². The molecule has 0 amide bonds. The number of fused-ring (bicyclic) bond motifs is 3. The number of para-hydroxylation sites is 1. The highest BCUT2D eigenvalue weighted by molar-refractivity contribution is 7.93. The fourth-order valence-corrected chi connectivity index (χ4v) is 9.96. The van der Waals surface area contributed by atoms with Crippen LogP contribution in [-0.4, -0.2) is 46.0 Å². The van der Waals surface area contributed by atoms with Gasteiger partial charge in [0.1, 0.15) is 23.0 Å². The van der Waals surface area contributed by atoms with Gasteiger partial charge in [-0.3, -0.25) is 9.44 Å². The van der Waals surface area contributed by atoms with Gasteiger partial charge in [0.2, 0.25) is 0 Å². The summed E-state index contributed by atoms with van der Waals surface area (Å²) in [5, 5.41) is 20.4. The molecule has 0 aliphatic carbocycles. The second-order valence-electron chi connectivity index (χ2n) is 15.7. The fraction of sp³-hybridized carbons (Fsp3) is 0.0400. The lowest BCUT2D eigenvalue weighted by Gasteiger charge is -2.10. The Bertz CT molecular complexity index is 3750. The third-order valence-electron chi connectivity index (χ3n) is 10.7. The smallest absolute Gasteiger partial charge is 0.261 e. The van der Waals surface area contributed by atoms with Crippen molar-refractivity contribution in [3.63, 3.8) is 0 Å². The van der Waals surface area contributed by atoms with Gasteiger partial charge < -0.3 is 15.1 Å². The molecular weight excluding hydrogens is 917 g/mol. The van der Waals surface area contributed by atoms with Gasteiger partial charge in [-0.2, -0.15) is 21.5 Å². The van der Waals surface area contributed by atoms with Gasteiger partial charge in [0, 0.05) is 46.1 Å². The molecule has 0 saturated heterocycles. The summed E-state index contributed by atoms with van der Waals surface area (Å²) >= 11 is 1.63. The van der Waals surface area contributed by atoms with Gasteiger partial charge in [-0.1, -0.05) is 53.6 Å². The van der Waals surface area contributed by atoms with Crippen LogP contribution in [-0.2, 0) is 20.0 Å². The number of sulfonamides is 2. The summed E-state index contributed by atoms with van der Waals surface area (Å²) in [5.41, 5.74) is 9.55. The number of nitrogens with zero attached hydrogens (tertiary/aromatic N) is 6. The maximum atomic E-state index is 12.6. The van der Waals surface area contributed by atoms with Crippen molar-refractivity contribution in [2.24, 2.45) is 0 Å². The Morgan fingerprint density at radius 3 is 1.53 bits per heavy atom. The summed E-state index contributed by atoms with van der Waals surface area (Å²) in [5.74, 6) is 1.98. The van der Waals surface area contributed by atoms with Crippen molar-refractivity contribution in [3.8, 4) is 22.5 Å². The molecule has 338 valence electrons. The highest BCUT2D eigenvalue weighted by atomic mass is 32.2. The number of anilines is 6. The van der Waals surface area contributed by atoms with Gasteiger partial charge in [-0.05, 0) is 133 Å². The zero-order chi connectivity index (χ0) is 46.8. The second kappa shape index (κ2) is 18.2. The molecule has 0 radical (unpaired) electrons. The molecule has 0 aliphatic heterocycles. The van der Waals surface area contributed by atoms with E-state index >= 15 is 0 Å². The second-order valence-corrected chi connectivity index (χ2v) is 19.8. The molecule has 6 heterocycles. The van der Waals surface area contributed by atoms with E-state index in [1.807, 2.05) is 86.3 Å². The standard InChI is InChI=1S/C27H21N5O3S.C23H19N5O2S2/c1-18-6-12-22(13-7-18)36(33,34)31-21-10-8-20(9-11-21)29-26-14-15-32-27(30-26)23(17-28-32)25-16-19-4-2-3-5-24(19)35-25;1-16-2-8-20(9-3-16)32(29,30)27-19-6-4-18(5-7-19)25-22-10-12-28-23(26-22)21(14-24-28)17-11-13-31-15-17/h2-17,31H,1H3,(H,29,30);2-15,27H,1H3,(H,25,26). The molecule has 5 aromatic carbocycles. The summed E-state index contributed by atoms with van der Waals surface area (Å²) < 4.78 is 65.1. The molecule has 0 fully saturated rings. The third kappa shape index (κ3) is 9.50. The zero-order valence-corrected chi connectivity index (χ0v) is 38.7. The molecule has 68 heavy (non-hydrogen) atoms. The fourth-order valence-electron chi connectivity index (χ4n) is 7.19. The highest BCUT2D eigenvalue weighted by Gasteiger charge is 2.17. The number of aromatic nitrogens is 6. The Morgan fingerprint density at radius 2 is 1.03 bits per heavy atom. The molecule has 0 unspecified atom stereocenters. The lowest BCUT2D eigenvalue weighted by molar-refractivity contribution is 0.599. The first kappa shape index (κ1) is 43.6. The van der Waals surface area contributed by atoms with E-state index in [9.17, 15) is 16.8 Å². The maximum Gasteiger partial charge on any atom is 0.261 e. The van der Waals surface area contributed by atoms with Gasteiger partial charge in [-0.25, -0.2) is 35.8 Å². The topological polar surface area (TPSA) is 190 Å². The van der Waals surface area contributed by atoms with E-state index in [2.05, 4.69) is 35.7 Å². The van der Waals surface area contributed by atoms with Crippen LogP contribution in [0.3, 0.4) is 0 Å². The molecule has 11 aromatic rings. The summed E-state index contributed by atoms with van der Waals surface area (Å²) in [6, 6.07) is 42.9. The van der Waals surface area contributed by atoms with E-state index in [1.54, 1.807) is 124 Å². The SMILES string of the molecule is Cc1ccc(S(=O)(=O)Nc2ccc(Nc3ccn4ncc(-c5cc6ccccc6o5)c4n3)cc2)cc1.Cc1ccc(S(=O)(=O)Nc2ccc(Nc3ccn4ncc(-c5ccsc5)c4n3)cc2)cc1. The van der Waals surface area contributed by atoms with E-state index < -0.39 is 20.0 Å². The number of rotatable bonds is 12. The molecular formula is C50H40N10O5S3. The quantitative estimate of drug-likeness (QED) is 0.0911. The van der Waals surface area contributed by atoms with Crippen LogP contribution in [0, 0.1) is 13.8 Å². The van der Waals surface area contributed by atoms with Crippen molar-refractivity contribution >= 4 is 88.0 Å². The summed E-state index contributed by atoms with van der Waals surface area (Å²) in [4.78, 5) is 9.86. The van der Waals surface area contributed by atoms with Crippen LogP contribution < -0.4 is 20.1 Å². The molecule has 4 N–H and O–H groups in total. The minimum absolute atomic E-state index is 0.217. The maximum absolute atomic E-state index is 12.6. The van der Waals surface area contributed by atoms with E-state index in [0.29, 0.717) is 34.4 Å². The van der Waals surface area contributed by atoms with E-state index in [-0.39, 0.29) is 9.79 Å². The molecule has 11 rings (SSSR count). The van der Waals surface area contributed by atoms with Crippen LogP contribution in [0.15, 0.2) is 195 Å². The molecule has 18 heteroatoms.